The first-order chi connectivity index (χ1) is 13.4. The smallest absolute Gasteiger partial charge is 0.224 e. The van der Waals surface area contributed by atoms with Gasteiger partial charge in [-0.3, -0.25) is 4.79 Å². The van der Waals surface area contributed by atoms with Crippen LogP contribution in [0, 0.1) is 5.82 Å². The van der Waals surface area contributed by atoms with Crippen molar-refractivity contribution in [2.24, 2.45) is 0 Å². The number of amides is 1. The first-order valence-electron chi connectivity index (χ1n) is 8.87. The maximum atomic E-state index is 13.5. The van der Waals surface area contributed by atoms with E-state index >= 15 is 0 Å². The molecule has 0 aliphatic carbocycles. The third kappa shape index (κ3) is 5.36. The van der Waals surface area contributed by atoms with Gasteiger partial charge in [0, 0.05) is 6.54 Å². The molecule has 0 fully saturated rings. The van der Waals surface area contributed by atoms with Crippen LogP contribution >= 0.6 is 0 Å². The van der Waals surface area contributed by atoms with Gasteiger partial charge in [0.05, 0.1) is 33.8 Å². The summed E-state index contributed by atoms with van der Waals surface area (Å²) in [5.74, 6) is 1.02. The van der Waals surface area contributed by atoms with Gasteiger partial charge in [0.15, 0.2) is 11.5 Å². The molecule has 0 saturated heterocycles. The van der Waals surface area contributed by atoms with Crippen LogP contribution in [-0.2, 0) is 11.2 Å². The Morgan fingerprint density at radius 2 is 1.71 bits per heavy atom. The fraction of sp³-hybridized carbons (Fsp3) is 0.381. The highest BCUT2D eigenvalue weighted by Gasteiger charge is 2.18. The summed E-state index contributed by atoms with van der Waals surface area (Å²) in [5, 5.41) is 2.92. The van der Waals surface area contributed by atoms with Crippen molar-refractivity contribution in [3.63, 3.8) is 0 Å². The van der Waals surface area contributed by atoms with Gasteiger partial charge in [-0.05, 0) is 49.5 Å². The number of hydrogen-bond donors (Lipinski definition) is 1. The normalized spacial score (nSPS) is 11.8. The Morgan fingerprint density at radius 1 is 1.07 bits per heavy atom. The predicted molar refractivity (Wildman–Crippen MR) is 106 cm³/mol. The van der Waals surface area contributed by atoms with Crippen LogP contribution in [0.1, 0.15) is 17.2 Å². The van der Waals surface area contributed by atoms with Crippen molar-refractivity contribution in [3.05, 3.63) is 53.3 Å². The molecule has 0 spiro atoms. The molecular weight excluding hydrogens is 363 g/mol. The number of benzene rings is 2. The number of rotatable bonds is 9. The van der Waals surface area contributed by atoms with E-state index in [2.05, 4.69) is 5.32 Å². The topological polar surface area (TPSA) is 60.0 Å². The number of halogens is 1. The highest BCUT2D eigenvalue weighted by atomic mass is 19.1. The number of nitrogens with zero attached hydrogens (tertiary/aromatic N) is 1. The van der Waals surface area contributed by atoms with Crippen molar-refractivity contribution >= 4 is 5.91 Å². The summed E-state index contributed by atoms with van der Waals surface area (Å²) in [7, 11) is 8.37. The lowest BCUT2D eigenvalue weighted by Crippen LogP contribution is -2.35. The third-order valence-electron chi connectivity index (χ3n) is 4.44. The molecule has 7 heteroatoms. The minimum absolute atomic E-state index is 0.139. The van der Waals surface area contributed by atoms with E-state index in [1.165, 1.54) is 33.5 Å². The van der Waals surface area contributed by atoms with Crippen LogP contribution in [0.5, 0.6) is 17.2 Å². The second-order valence-corrected chi connectivity index (χ2v) is 6.55. The summed E-state index contributed by atoms with van der Waals surface area (Å²) in [6.45, 7) is 0.361. The summed E-state index contributed by atoms with van der Waals surface area (Å²) < 4.78 is 29.5. The Morgan fingerprint density at radius 3 is 2.21 bits per heavy atom. The number of carbonyl (C=O) groups is 1. The second-order valence-electron chi connectivity index (χ2n) is 6.55. The standard InChI is InChI=1S/C21H27FN2O4/c1-24(2)17(15-7-6-8-16(22)12-15)13-23-20(25)11-14-9-18(26-3)21(28-5)19(10-14)27-4/h6-10,12,17H,11,13H2,1-5H3,(H,23,25). The van der Waals surface area contributed by atoms with Crippen molar-refractivity contribution in [1.29, 1.82) is 0 Å². The molecule has 152 valence electrons. The van der Waals surface area contributed by atoms with Gasteiger partial charge in [-0.2, -0.15) is 0 Å². The summed E-state index contributed by atoms with van der Waals surface area (Å²) in [5.41, 5.74) is 1.54. The lowest BCUT2D eigenvalue weighted by Gasteiger charge is -2.25. The minimum atomic E-state index is -0.298. The number of ether oxygens (including phenoxy) is 3. The Balaban J connectivity index is 2.09. The van der Waals surface area contributed by atoms with E-state index in [4.69, 9.17) is 14.2 Å². The first kappa shape index (κ1) is 21.5. The Bertz CT molecular complexity index is 786. The van der Waals surface area contributed by atoms with E-state index in [1.807, 2.05) is 25.1 Å². The zero-order chi connectivity index (χ0) is 20.7. The molecule has 2 aromatic carbocycles. The van der Waals surface area contributed by atoms with Crippen LogP contribution in [0.25, 0.3) is 0 Å². The van der Waals surface area contributed by atoms with E-state index in [-0.39, 0.29) is 24.2 Å². The highest BCUT2D eigenvalue weighted by molar-refractivity contribution is 5.79. The lowest BCUT2D eigenvalue weighted by atomic mass is 10.1. The molecule has 1 unspecified atom stereocenters. The van der Waals surface area contributed by atoms with Crippen molar-refractivity contribution in [1.82, 2.24) is 10.2 Å². The molecule has 0 aliphatic rings. The van der Waals surface area contributed by atoms with Gasteiger partial charge >= 0.3 is 0 Å². The SMILES string of the molecule is COc1cc(CC(=O)NCC(c2cccc(F)c2)N(C)C)cc(OC)c1OC. The molecule has 0 heterocycles. The maximum Gasteiger partial charge on any atom is 0.224 e. The Hall–Kier alpha value is -2.80. The number of hydrogen-bond acceptors (Lipinski definition) is 5. The summed E-state index contributed by atoms with van der Waals surface area (Å²) in [6.07, 6.45) is 0.153. The third-order valence-corrected chi connectivity index (χ3v) is 4.44. The molecule has 6 nitrogen and oxygen atoms in total. The van der Waals surface area contributed by atoms with Gasteiger partial charge in [0.1, 0.15) is 5.82 Å². The molecule has 0 aromatic heterocycles. The Labute approximate surface area is 165 Å². The molecule has 2 aromatic rings. The van der Waals surface area contributed by atoms with E-state index in [0.717, 1.165) is 11.1 Å². The number of nitrogens with one attached hydrogen (secondary N) is 1. The number of methoxy groups -OCH3 is 3. The maximum absolute atomic E-state index is 13.5. The summed E-state index contributed by atoms with van der Waals surface area (Å²) >= 11 is 0. The molecule has 0 bridgehead atoms. The minimum Gasteiger partial charge on any atom is -0.493 e. The van der Waals surface area contributed by atoms with Gasteiger partial charge in [0.2, 0.25) is 11.7 Å². The van der Waals surface area contributed by atoms with Gasteiger partial charge in [-0.1, -0.05) is 12.1 Å². The van der Waals surface area contributed by atoms with E-state index in [9.17, 15) is 9.18 Å². The van der Waals surface area contributed by atoms with Crippen molar-refractivity contribution < 1.29 is 23.4 Å². The van der Waals surface area contributed by atoms with Crippen LogP contribution in [0.4, 0.5) is 4.39 Å². The van der Waals surface area contributed by atoms with Gasteiger partial charge in [0.25, 0.3) is 0 Å². The van der Waals surface area contributed by atoms with E-state index in [1.54, 1.807) is 18.2 Å². The molecule has 1 amide bonds. The average Bonchev–Trinajstić information content (AvgIpc) is 2.67. The molecular formula is C21H27FN2O4. The van der Waals surface area contributed by atoms with Crippen LogP contribution in [0.15, 0.2) is 36.4 Å². The monoisotopic (exact) mass is 390 g/mol. The van der Waals surface area contributed by atoms with Crippen LogP contribution in [0.2, 0.25) is 0 Å². The first-order valence-corrected chi connectivity index (χ1v) is 8.87. The molecule has 2 rings (SSSR count). The van der Waals surface area contributed by atoms with Crippen LogP contribution < -0.4 is 19.5 Å². The molecule has 28 heavy (non-hydrogen) atoms. The van der Waals surface area contributed by atoms with Crippen molar-refractivity contribution in [3.8, 4) is 17.2 Å². The lowest BCUT2D eigenvalue weighted by molar-refractivity contribution is -0.120. The molecule has 0 saturated carbocycles. The average molecular weight is 390 g/mol. The highest BCUT2D eigenvalue weighted by Crippen LogP contribution is 2.38. The molecule has 0 aliphatic heterocycles. The fourth-order valence-corrected chi connectivity index (χ4v) is 3.01. The molecule has 0 radical (unpaired) electrons. The number of likely N-dealkylation sites (N-methyl/N-ethyl adjacent to an activating group) is 1. The fourth-order valence-electron chi connectivity index (χ4n) is 3.01. The quantitative estimate of drug-likeness (QED) is 0.714. The van der Waals surface area contributed by atoms with Crippen molar-refractivity contribution in [2.45, 2.75) is 12.5 Å². The summed E-state index contributed by atoms with van der Waals surface area (Å²) in [6, 6.07) is 9.75. The van der Waals surface area contributed by atoms with Crippen LogP contribution in [-0.4, -0.2) is 52.8 Å². The van der Waals surface area contributed by atoms with E-state index in [0.29, 0.717) is 23.8 Å². The van der Waals surface area contributed by atoms with E-state index < -0.39 is 0 Å². The zero-order valence-electron chi connectivity index (χ0n) is 16.9. The molecule has 1 N–H and O–H groups in total. The Kier molecular flexibility index (Phi) is 7.63. The molecule has 1 atom stereocenters. The zero-order valence-corrected chi connectivity index (χ0v) is 16.9. The van der Waals surface area contributed by atoms with Gasteiger partial charge in [-0.25, -0.2) is 4.39 Å². The predicted octanol–water partition coefficient (Wildman–Crippen LogP) is 2.81. The van der Waals surface area contributed by atoms with Crippen molar-refractivity contribution in [2.75, 3.05) is 42.0 Å². The number of carbonyl (C=O) groups excluding carboxylic acids is 1. The summed E-state index contributed by atoms with van der Waals surface area (Å²) in [4.78, 5) is 14.4. The van der Waals surface area contributed by atoms with Gasteiger partial charge in [-0.15, -0.1) is 0 Å². The van der Waals surface area contributed by atoms with Crippen LogP contribution in [0.3, 0.4) is 0 Å². The van der Waals surface area contributed by atoms with Gasteiger partial charge < -0.3 is 24.4 Å². The largest absolute Gasteiger partial charge is 0.493 e. The second kappa shape index (κ2) is 9.94.